The molecule has 2 N–H and O–H groups in total. The van der Waals surface area contributed by atoms with Crippen LogP contribution in [0.3, 0.4) is 0 Å². The highest BCUT2D eigenvalue weighted by Gasteiger charge is 2.30. The number of pyridine rings is 1. The second kappa shape index (κ2) is 6.13. The third-order valence-corrected chi connectivity index (χ3v) is 4.66. The summed E-state index contributed by atoms with van der Waals surface area (Å²) in [7, 11) is 0. The number of hydrogen-bond acceptors (Lipinski definition) is 3. The molecule has 5 nitrogen and oxygen atoms in total. The van der Waals surface area contributed by atoms with Crippen LogP contribution >= 0.6 is 11.6 Å². The van der Waals surface area contributed by atoms with Crippen LogP contribution in [0.1, 0.15) is 18.4 Å². The lowest BCUT2D eigenvalue weighted by Gasteiger charge is -2.11. The summed E-state index contributed by atoms with van der Waals surface area (Å²) in [5.74, 6) is 0.0679. The van der Waals surface area contributed by atoms with Gasteiger partial charge in [-0.2, -0.15) is 0 Å². The highest BCUT2D eigenvalue weighted by Crippen LogP contribution is 2.33. The van der Waals surface area contributed by atoms with Crippen molar-refractivity contribution >= 4 is 29.0 Å². The zero-order chi connectivity index (χ0) is 17.6. The van der Waals surface area contributed by atoms with E-state index in [4.69, 9.17) is 11.6 Å². The summed E-state index contributed by atoms with van der Waals surface area (Å²) in [5.41, 5.74) is 1.79. The number of benzene rings is 1. The number of carbonyl (C=O) groups excluding carboxylic acids is 1. The van der Waals surface area contributed by atoms with Gasteiger partial charge in [0.05, 0.1) is 12.8 Å². The normalized spacial score (nSPS) is 14.0. The average Bonchev–Trinajstić information content (AvgIpc) is 3.37. The summed E-state index contributed by atoms with van der Waals surface area (Å²) in [4.78, 5) is 16.2. The van der Waals surface area contributed by atoms with E-state index in [1.807, 2.05) is 0 Å². The number of nitrogens with zero attached hydrogens (tertiary/aromatic N) is 2. The Kier molecular flexibility index (Phi) is 3.94. The number of nitrogens with one attached hydrogen (secondary N) is 1. The minimum Gasteiger partial charge on any atom is -0.392 e. The minimum atomic E-state index is -0.463. The molecule has 0 saturated heterocycles. The van der Waals surface area contributed by atoms with Crippen molar-refractivity contribution < 1.29 is 14.3 Å². The van der Waals surface area contributed by atoms with Crippen molar-refractivity contribution in [1.82, 2.24) is 9.38 Å². The molecule has 0 unspecified atom stereocenters. The monoisotopic (exact) mass is 359 g/mol. The molecular weight excluding hydrogens is 345 g/mol. The Morgan fingerprint density at radius 3 is 2.84 bits per heavy atom. The molecule has 0 atom stereocenters. The standard InChI is InChI=1S/C18H15ClFN3O2/c19-13-4-5-14(20)17(12(13)9-24)11-3-6-16-21-15(8-23(16)7-11)22-18(25)10-1-2-10/h3-8,10,24H,1-2,9H2,(H,22,25). The Balaban J connectivity index is 1.74. The number of aliphatic hydroxyl groups is 1. The first-order valence-corrected chi connectivity index (χ1v) is 8.32. The van der Waals surface area contributed by atoms with Crippen LogP contribution in [0, 0.1) is 11.7 Å². The van der Waals surface area contributed by atoms with Crippen molar-refractivity contribution in [3.63, 3.8) is 0 Å². The molecule has 1 aliphatic rings. The number of anilines is 1. The van der Waals surface area contributed by atoms with E-state index in [0.29, 0.717) is 27.6 Å². The van der Waals surface area contributed by atoms with Crippen molar-refractivity contribution in [2.75, 3.05) is 5.32 Å². The molecule has 25 heavy (non-hydrogen) atoms. The summed E-state index contributed by atoms with van der Waals surface area (Å²) in [6.07, 6.45) is 5.21. The Bertz CT molecular complexity index is 982. The van der Waals surface area contributed by atoms with E-state index in [1.54, 1.807) is 28.9 Å². The number of aromatic nitrogens is 2. The van der Waals surface area contributed by atoms with Crippen LogP contribution in [0.2, 0.25) is 5.02 Å². The van der Waals surface area contributed by atoms with Gasteiger partial charge < -0.3 is 14.8 Å². The van der Waals surface area contributed by atoms with E-state index in [0.717, 1.165) is 12.8 Å². The lowest BCUT2D eigenvalue weighted by atomic mass is 10.0. The quantitative estimate of drug-likeness (QED) is 0.747. The second-order valence-corrected chi connectivity index (χ2v) is 6.52. The number of halogens is 2. The topological polar surface area (TPSA) is 66.6 Å². The number of hydrogen-bond donors (Lipinski definition) is 2. The number of fused-ring (bicyclic) bond motifs is 1. The molecule has 1 aromatic carbocycles. The van der Waals surface area contributed by atoms with Gasteiger partial charge in [-0.05, 0) is 37.1 Å². The van der Waals surface area contributed by atoms with Crippen LogP contribution in [-0.2, 0) is 11.4 Å². The Morgan fingerprint density at radius 2 is 2.12 bits per heavy atom. The molecule has 1 aliphatic carbocycles. The lowest BCUT2D eigenvalue weighted by Crippen LogP contribution is -2.13. The van der Waals surface area contributed by atoms with Gasteiger partial charge in [0.15, 0.2) is 5.82 Å². The van der Waals surface area contributed by atoms with E-state index >= 15 is 0 Å². The first kappa shape index (κ1) is 16.1. The molecule has 3 aromatic rings. The molecule has 1 saturated carbocycles. The highest BCUT2D eigenvalue weighted by molar-refractivity contribution is 6.31. The predicted molar refractivity (Wildman–Crippen MR) is 92.9 cm³/mol. The van der Waals surface area contributed by atoms with Crippen molar-refractivity contribution in [1.29, 1.82) is 0 Å². The van der Waals surface area contributed by atoms with Gasteiger partial charge in [-0.15, -0.1) is 0 Å². The van der Waals surface area contributed by atoms with Crippen LogP contribution in [-0.4, -0.2) is 20.4 Å². The predicted octanol–water partition coefficient (Wildman–Crippen LogP) is 3.63. The molecule has 7 heteroatoms. The first-order valence-electron chi connectivity index (χ1n) is 7.94. The van der Waals surface area contributed by atoms with Crippen molar-refractivity contribution in [2.45, 2.75) is 19.4 Å². The van der Waals surface area contributed by atoms with Crippen molar-refractivity contribution in [3.05, 3.63) is 53.1 Å². The Labute approximate surface area is 148 Å². The smallest absolute Gasteiger partial charge is 0.228 e. The summed E-state index contributed by atoms with van der Waals surface area (Å²) < 4.78 is 16.0. The summed E-state index contributed by atoms with van der Waals surface area (Å²) in [6.45, 7) is -0.364. The second-order valence-electron chi connectivity index (χ2n) is 6.11. The number of imidazole rings is 1. The molecule has 2 heterocycles. The molecule has 0 aliphatic heterocycles. The van der Waals surface area contributed by atoms with E-state index in [1.165, 1.54) is 12.1 Å². The van der Waals surface area contributed by atoms with Gasteiger partial charge in [-0.1, -0.05) is 11.6 Å². The van der Waals surface area contributed by atoms with Crippen molar-refractivity contribution in [3.8, 4) is 11.1 Å². The van der Waals surface area contributed by atoms with Crippen molar-refractivity contribution in [2.24, 2.45) is 5.92 Å². The molecule has 1 amide bonds. The molecule has 2 aromatic heterocycles. The van der Waals surface area contributed by atoms with E-state index in [-0.39, 0.29) is 24.0 Å². The van der Waals surface area contributed by atoms with Gasteiger partial charge in [0.2, 0.25) is 5.91 Å². The summed E-state index contributed by atoms with van der Waals surface area (Å²) >= 11 is 6.07. The first-order chi connectivity index (χ1) is 12.1. The number of rotatable bonds is 4. The molecule has 0 radical (unpaired) electrons. The van der Waals surface area contributed by atoms with Crippen LogP contribution in [0.4, 0.5) is 10.2 Å². The van der Waals surface area contributed by atoms with Gasteiger partial charge in [0.25, 0.3) is 0 Å². The van der Waals surface area contributed by atoms with Gasteiger partial charge in [0.1, 0.15) is 11.5 Å². The summed E-state index contributed by atoms with van der Waals surface area (Å²) in [6, 6.07) is 6.13. The minimum absolute atomic E-state index is 0.0212. The zero-order valence-electron chi connectivity index (χ0n) is 13.2. The maximum atomic E-state index is 14.3. The molecule has 128 valence electrons. The van der Waals surface area contributed by atoms with Gasteiger partial charge in [0, 0.05) is 33.8 Å². The van der Waals surface area contributed by atoms with E-state index < -0.39 is 5.82 Å². The van der Waals surface area contributed by atoms with Crippen LogP contribution < -0.4 is 5.32 Å². The molecule has 0 spiro atoms. The third-order valence-electron chi connectivity index (χ3n) is 4.30. The van der Waals surface area contributed by atoms with Gasteiger partial charge in [-0.3, -0.25) is 4.79 Å². The number of aliphatic hydroxyl groups excluding tert-OH is 1. The number of carbonyl (C=O) groups is 1. The van der Waals surface area contributed by atoms with E-state index in [2.05, 4.69) is 10.3 Å². The van der Waals surface area contributed by atoms with E-state index in [9.17, 15) is 14.3 Å². The molecular formula is C18H15ClFN3O2. The van der Waals surface area contributed by atoms with Crippen LogP contribution in [0.15, 0.2) is 36.7 Å². The summed E-state index contributed by atoms with van der Waals surface area (Å²) in [5, 5.41) is 12.6. The SMILES string of the molecule is O=C(Nc1cn2cc(-c3c(F)ccc(Cl)c3CO)ccc2n1)C1CC1. The Hall–Kier alpha value is -2.44. The fourth-order valence-corrected chi connectivity index (χ4v) is 3.05. The maximum Gasteiger partial charge on any atom is 0.228 e. The largest absolute Gasteiger partial charge is 0.392 e. The molecule has 0 bridgehead atoms. The lowest BCUT2D eigenvalue weighted by molar-refractivity contribution is -0.117. The zero-order valence-corrected chi connectivity index (χ0v) is 13.9. The highest BCUT2D eigenvalue weighted by atomic mass is 35.5. The number of amides is 1. The third kappa shape index (κ3) is 2.99. The van der Waals surface area contributed by atoms with Crippen LogP contribution in [0.25, 0.3) is 16.8 Å². The molecule has 1 fully saturated rings. The fraction of sp³-hybridized carbons (Fsp3) is 0.222. The van der Waals surface area contributed by atoms with Gasteiger partial charge >= 0.3 is 0 Å². The maximum absolute atomic E-state index is 14.3. The van der Waals surface area contributed by atoms with Gasteiger partial charge in [-0.25, -0.2) is 9.37 Å². The fourth-order valence-electron chi connectivity index (χ4n) is 2.83. The Morgan fingerprint density at radius 1 is 1.32 bits per heavy atom. The average molecular weight is 360 g/mol. The van der Waals surface area contributed by atoms with Crippen LogP contribution in [0.5, 0.6) is 0 Å². The molecule has 4 rings (SSSR count).